The van der Waals surface area contributed by atoms with Crippen LogP contribution in [0.4, 0.5) is 0 Å². The molecule has 0 saturated carbocycles. The van der Waals surface area contributed by atoms with Crippen LogP contribution in [0.15, 0.2) is 97.3 Å². The smallest absolute Gasteiger partial charge is 0.126 e. The van der Waals surface area contributed by atoms with Crippen molar-refractivity contribution >= 4 is 0 Å². The molecule has 0 radical (unpaired) electrons. The summed E-state index contributed by atoms with van der Waals surface area (Å²) in [6.07, 6.45) is 4.42. The van der Waals surface area contributed by atoms with Gasteiger partial charge in [0.2, 0.25) is 11.4 Å². The third-order valence-corrected chi connectivity index (χ3v) is 5.57. The summed E-state index contributed by atoms with van der Waals surface area (Å²) in [6.45, 7) is 8.00. The highest BCUT2D eigenvalue weighted by Gasteiger charge is 2.66. The van der Waals surface area contributed by atoms with Crippen LogP contribution in [0.25, 0.3) is 22.5 Å². The summed E-state index contributed by atoms with van der Waals surface area (Å²) in [5.74, 6) is 0. The van der Waals surface area contributed by atoms with E-state index >= 15 is 0 Å². The molecule has 0 amide bonds. The lowest BCUT2D eigenvalue weighted by Gasteiger charge is -2.16. The highest BCUT2D eigenvalue weighted by molar-refractivity contribution is 5.73. The number of rotatable bonds is 0. The van der Waals surface area contributed by atoms with Gasteiger partial charge >= 0.3 is 5.66 Å². The summed E-state index contributed by atoms with van der Waals surface area (Å²) < 4.78 is 4.85. The number of aromatic nitrogens is 2. The molecule has 0 aliphatic carbocycles. The monoisotopic (exact) mass is 380 g/mol. The zero-order valence-corrected chi connectivity index (χ0v) is 17.6. The molecule has 0 saturated heterocycles. The maximum absolute atomic E-state index is 2.42. The largest absolute Gasteiger partial charge is 0.417 e. The highest BCUT2D eigenvalue weighted by atomic mass is 15.3. The van der Waals surface area contributed by atoms with Crippen molar-refractivity contribution in [2.45, 2.75) is 33.4 Å². The average molecular weight is 381 g/mol. The molecular formula is C27H28N2+2. The number of benzene rings is 2. The summed E-state index contributed by atoms with van der Waals surface area (Å²) in [4.78, 5) is 0. The first kappa shape index (κ1) is 19.1. The lowest BCUT2D eigenvalue weighted by Crippen LogP contribution is -2.71. The molecule has 144 valence electrons. The Bertz CT molecular complexity index is 973. The summed E-state index contributed by atoms with van der Waals surface area (Å²) in [7, 11) is 0. The molecule has 2 aromatic carbocycles. The summed E-state index contributed by atoms with van der Waals surface area (Å²) in [5, 5.41) is 0. The first-order chi connectivity index (χ1) is 14.4. The number of hydrogen-bond donors (Lipinski definition) is 0. The molecule has 4 heterocycles. The molecule has 4 aromatic rings. The van der Waals surface area contributed by atoms with Crippen molar-refractivity contribution in [3.8, 4) is 22.5 Å². The molecule has 0 N–H and O–H groups in total. The fourth-order valence-electron chi connectivity index (χ4n) is 4.69. The molecule has 2 nitrogen and oxygen atoms in total. The van der Waals surface area contributed by atoms with E-state index < -0.39 is 0 Å². The number of hydrogen-bond acceptors (Lipinski definition) is 0. The third kappa shape index (κ3) is 2.42. The van der Waals surface area contributed by atoms with Crippen molar-refractivity contribution in [2.75, 3.05) is 0 Å². The molecule has 0 atom stereocenters. The second kappa shape index (κ2) is 7.63. The van der Waals surface area contributed by atoms with Gasteiger partial charge in [-0.1, -0.05) is 52.0 Å². The SMILES string of the molecule is CC.CC.c1ccc2c(c1)-c1cccc[n+]1C21c2ccccc2-c2cccc[n+]21. The molecule has 29 heavy (non-hydrogen) atoms. The van der Waals surface area contributed by atoms with Gasteiger partial charge in [-0.25, -0.2) is 0 Å². The van der Waals surface area contributed by atoms with Crippen molar-refractivity contribution in [1.82, 2.24) is 0 Å². The van der Waals surface area contributed by atoms with E-state index in [-0.39, 0.29) is 5.66 Å². The minimum absolute atomic E-state index is 0.347. The van der Waals surface area contributed by atoms with Gasteiger partial charge in [0, 0.05) is 24.3 Å². The van der Waals surface area contributed by atoms with E-state index in [1.165, 1.54) is 33.6 Å². The van der Waals surface area contributed by atoms with Gasteiger partial charge < -0.3 is 0 Å². The maximum Gasteiger partial charge on any atom is 0.417 e. The van der Waals surface area contributed by atoms with E-state index in [1.807, 2.05) is 27.7 Å². The van der Waals surface area contributed by atoms with Crippen LogP contribution in [0.5, 0.6) is 0 Å². The van der Waals surface area contributed by atoms with E-state index in [1.54, 1.807) is 0 Å². The second-order valence-electron chi connectivity index (χ2n) is 6.68. The van der Waals surface area contributed by atoms with Crippen molar-refractivity contribution < 1.29 is 9.13 Å². The molecule has 0 unspecified atom stereocenters. The fourth-order valence-corrected chi connectivity index (χ4v) is 4.69. The van der Waals surface area contributed by atoms with Crippen LogP contribution in [-0.4, -0.2) is 0 Å². The molecule has 6 rings (SSSR count). The highest BCUT2D eigenvalue weighted by Crippen LogP contribution is 2.46. The Kier molecular flexibility index (Phi) is 5.02. The van der Waals surface area contributed by atoms with E-state index in [0.717, 1.165) is 0 Å². The molecule has 1 spiro atoms. The number of pyridine rings is 2. The molecular weight excluding hydrogens is 352 g/mol. The molecule has 0 fully saturated rings. The Labute approximate surface area is 173 Å². The second-order valence-corrected chi connectivity index (χ2v) is 6.68. The molecule has 2 aromatic heterocycles. The summed E-state index contributed by atoms with van der Waals surface area (Å²) >= 11 is 0. The lowest BCUT2D eigenvalue weighted by molar-refractivity contribution is -0.955. The molecule has 2 heteroatoms. The van der Waals surface area contributed by atoms with Crippen molar-refractivity contribution in [3.63, 3.8) is 0 Å². The number of nitrogens with zero attached hydrogens (tertiary/aromatic N) is 2. The van der Waals surface area contributed by atoms with Gasteiger partial charge in [0.1, 0.15) is 11.1 Å². The lowest BCUT2D eigenvalue weighted by atomic mass is 9.90. The normalized spacial score (nSPS) is 13.1. The molecule has 2 aliphatic rings. The summed E-state index contributed by atoms with van der Waals surface area (Å²) in [6, 6.07) is 30.5. The summed E-state index contributed by atoms with van der Waals surface area (Å²) in [5.41, 5.74) is 7.46. The Morgan fingerprint density at radius 2 is 0.862 bits per heavy atom. The van der Waals surface area contributed by atoms with E-state index in [0.29, 0.717) is 0 Å². The first-order valence-electron chi connectivity index (χ1n) is 10.6. The zero-order chi connectivity index (χ0) is 20.4. The van der Waals surface area contributed by atoms with Crippen LogP contribution in [0, 0.1) is 0 Å². The molecule has 0 bridgehead atoms. The minimum Gasteiger partial charge on any atom is -0.126 e. The van der Waals surface area contributed by atoms with Crippen LogP contribution < -0.4 is 9.13 Å². The van der Waals surface area contributed by atoms with E-state index in [2.05, 4.69) is 106 Å². The Balaban J connectivity index is 0.000000485. The topological polar surface area (TPSA) is 7.76 Å². The van der Waals surface area contributed by atoms with Crippen LogP contribution >= 0.6 is 0 Å². The fraction of sp³-hybridized carbons (Fsp3) is 0.185. The predicted molar refractivity (Wildman–Crippen MR) is 118 cm³/mol. The van der Waals surface area contributed by atoms with Gasteiger partial charge in [-0.05, 0) is 36.4 Å². The van der Waals surface area contributed by atoms with Gasteiger partial charge in [-0.15, -0.1) is 9.13 Å². The van der Waals surface area contributed by atoms with Gasteiger partial charge in [0.05, 0.1) is 11.1 Å². The Morgan fingerprint density at radius 1 is 0.483 bits per heavy atom. The zero-order valence-electron chi connectivity index (χ0n) is 17.6. The average Bonchev–Trinajstić information content (AvgIpc) is 3.29. The number of fused-ring (bicyclic) bond motifs is 10. The van der Waals surface area contributed by atoms with E-state index in [9.17, 15) is 0 Å². The van der Waals surface area contributed by atoms with Crippen LogP contribution in [-0.2, 0) is 5.66 Å². The van der Waals surface area contributed by atoms with Gasteiger partial charge in [0.25, 0.3) is 0 Å². The van der Waals surface area contributed by atoms with Crippen molar-refractivity contribution in [1.29, 1.82) is 0 Å². The maximum atomic E-state index is 2.42. The third-order valence-electron chi connectivity index (χ3n) is 5.57. The quantitative estimate of drug-likeness (QED) is 0.304. The minimum atomic E-state index is -0.347. The van der Waals surface area contributed by atoms with Crippen LogP contribution in [0.1, 0.15) is 38.8 Å². The van der Waals surface area contributed by atoms with Crippen LogP contribution in [0.3, 0.4) is 0 Å². The van der Waals surface area contributed by atoms with Gasteiger partial charge in [-0.3, -0.25) is 0 Å². The van der Waals surface area contributed by atoms with Gasteiger partial charge in [0.15, 0.2) is 12.4 Å². The van der Waals surface area contributed by atoms with E-state index in [4.69, 9.17) is 0 Å². The molecule has 2 aliphatic heterocycles. The Hall–Kier alpha value is -3.26. The van der Waals surface area contributed by atoms with Crippen molar-refractivity contribution in [2.24, 2.45) is 0 Å². The van der Waals surface area contributed by atoms with Crippen molar-refractivity contribution in [3.05, 3.63) is 108 Å². The predicted octanol–water partition coefficient (Wildman–Crippen LogP) is 5.57. The first-order valence-corrected chi connectivity index (χ1v) is 10.6. The van der Waals surface area contributed by atoms with Crippen LogP contribution in [0.2, 0.25) is 0 Å². The van der Waals surface area contributed by atoms with Gasteiger partial charge in [-0.2, -0.15) is 0 Å². The Morgan fingerprint density at radius 3 is 1.31 bits per heavy atom. The standard InChI is InChI=1S/C23H16N2.2C2H6/c1-3-11-19-17(9-1)21-13-5-7-15-24(21)23(19)20-12-4-2-10-18(20)22-14-6-8-16-25(22)23;2*1-2/h1-16H;2*1-2H3/q+2;;.